The molecule has 0 unspecified atom stereocenters. The Labute approximate surface area is 203 Å². The van der Waals surface area contributed by atoms with Crippen LogP contribution in [0.2, 0.25) is 0 Å². The van der Waals surface area contributed by atoms with Gasteiger partial charge in [0, 0.05) is 32.5 Å². The molecule has 0 bridgehead atoms. The fourth-order valence-corrected chi connectivity index (χ4v) is 4.98. The van der Waals surface area contributed by atoms with Crippen LogP contribution in [0.1, 0.15) is 30.0 Å². The van der Waals surface area contributed by atoms with Gasteiger partial charge in [-0.3, -0.25) is 9.80 Å². The second-order valence-electron chi connectivity index (χ2n) is 7.13. The van der Waals surface area contributed by atoms with E-state index in [2.05, 4.69) is 15.3 Å². The molecule has 2 aromatic rings. The summed E-state index contributed by atoms with van der Waals surface area (Å²) in [4.78, 5) is 13.4. The van der Waals surface area contributed by atoms with Gasteiger partial charge in [0.1, 0.15) is 0 Å². The summed E-state index contributed by atoms with van der Waals surface area (Å²) in [6.07, 6.45) is -4.28. The number of nitrogens with zero attached hydrogens (tertiary/aromatic N) is 6. The SMILES string of the molecule is CCOC(=O)CCN(C)c1cc2c(nn1)SC(SCc1ccc(C(F)(F)F)cc1C#N)=NN2C. The van der Waals surface area contributed by atoms with Crippen molar-refractivity contribution in [1.29, 1.82) is 5.26 Å². The van der Waals surface area contributed by atoms with E-state index in [1.54, 1.807) is 30.9 Å². The summed E-state index contributed by atoms with van der Waals surface area (Å²) in [7, 11) is 3.55. The quantitative estimate of drug-likeness (QED) is 0.499. The highest BCUT2D eigenvalue weighted by Gasteiger charge is 2.31. The molecule has 1 aliphatic rings. The van der Waals surface area contributed by atoms with Crippen LogP contribution in [0.3, 0.4) is 0 Å². The van der Waals surface area contributed by atoms with Gasteiger partial charge in [-0.15, -0.1) is 10.2 Å². The highest BCUT2D eigenvalue weighted by molar-refractivity contribution is 8.38. The predicted octanol–water partition coefficient (Wildman–Crippen LogP) is 4.50. The number of carbonyl (C=O) groups is 1. The number of aromatic nitrogens is 2. The molecule has 13 heteroatoms. The lowest BCUT2D eigenvalue weighted by Crippen LogP contribution is -2.24. The molecule has 0 atom stereocenters. The Morgan fingerprint density at radius 3 is 2.76 bits per heavy atom. The number of carbonyl (C=O) groups excluding carboxylic acids is 1. The number of fused-ring (bicyclic) bond motifs is 1. The fraction of sp³-hybridized carbons (Fsp3) is 0.381. The summed E-state index contributed by atoms with van der Waals surface area (Å²) in [5.41, 5.74) is 0.346. The number of thioether (sulfide) groups is 2. The Balaban J connectivity index is 1.66. The van der Waals surface area contributed by atoms with E-state index in [4.69, 9.17) is 4.74 Å². The second-order valence-corrected chi connectivity index (χ2v) is 9.33. The molecule has 2 heterocycles. The molecule has 1 aliphatic heterocycles. The number of esters is 1. The van der Waals surface area contributed by atoms with Gasteiger partial charge in [0.25, 0.3) is 0 Å². The van der Waals surface area contributed by atoms with E-state index in [0.717, 1.165) is 17.8 Å². The topological polar surface area (TPSA) is 94.7 Å². The Morgan fingerprint density at radius 1 is 1.32 bits per heavy atom. The summed E-state index contributed by atoms with van der Waals surface area (Å²) in [5, 5.41) is 24.5. The van der Waals surface area contributed by atoms with Crippen molar-refractivity contribution in [3.63, 3.8) is 0 Å². The molecular formula is C21H21F3N6O2S2. The predicted molar refractivity (Wildman–Crippen MR) is 126 cm³/mol. The van der Waals surface area contributed by atoms with E-state index in [9.17, 15) is 23.2 Å². The summed E-state index contributed by atoms with van der Waals surface area (Å²) in [6.45, 7) is 2.50. The molecule has 0 aliphatic carbocycles. The van der Waals surface area contributed by atoms with Crippen LogP contribution in [0.4, 0.5) is 24.7 Å². The third kappa shape index (κ3) is 6.32. The van der Waals surface area contributed by atoms with Crippen molar-refractivity contribution < 1.29 is 22.7 Å². The first-order chi connectivity index (χ1) is 16.1. The lowest BCUT2D eigenvalue weighted by molar-refractivity contribution is -0.143. The lowest BCUT2D eigenvalue weighted by Gasteiger charge is -2.24. The number of anilines is 2. The standard InChI is InChI=1S/C21H21F3N6O2S2/c1-4-32-18(31)7-8-29(2)17-10-16-19(27-26-17)34-20(28-30(16)3)33-12-13-5-6-15(21(22,23)24)9-14(13)11-25/h5-6,9-10H,4,7-8,12H2,1-3H3. The second kappa shape index (κ2) is 11.0. The molecule has 0 saturated heterocycles. The van der Waals surface area contributed by atoms with E-state index < -0.39 is 11.7 Å². The minimum atomic E-state index is -4.50. The summed E-state index contributed by atoms with van der Waals surface area (Å²) in [6, 6.07) is 6.80. The highest BCUT2D eigenvalue weighted by atomic mass is 32.2. The van der Waals surface area contributed by atoms with Crippen molar-refractivity contribution in [2.24, 2.45) is 5.10 Å². The van der Waals surface area contributed by atoms with Crippen LogP contribution in [-0.2, 0) is 21.5 Å². The number of hydrogen-bond acceptors (Lipinski definition) is 10. The van der Waals surface area contributed by atoms with Crippen LogP contribution in [0, 0.1) is 11.3 Å². The molecular weight excluding hydrogens is 489 g/mol. The third-order valence-corrected chi connectivity index (χ3v) is 6.88. The molecule has 8 nitrogen and oxygen atoms in total. The zero-order valence-corrected chi connectivity index (χ0v) is 20.2. The average molecular weight is 511 g/mol. The van der Waals surface area contributed by atoms with Crippen LogP contribution in [0.5, 0.6) is 0 Å². The Bertz CT molecular complexity index is 1140. The molecule has 1 aromatic heterocycles. The van der Waals surface area contributed by atoms with Gasteiger partial charge >= 0.3 is 12.1 Å². The molecule has 180 valence electrons. The number of benzene rings is 1. The molecule has 0 spiro atoms. The minimum absolute atomic E-state index is 0.0206. The number of halogens is 3. The molecule has 3 rings (SSSR count). The summed E-state index contributed by atoms with van der Waals surface area (Å²) in [5.74, 6) is 0.565. The van der Waals surface area contributed by atoms with Crippen LogP contribution in [0.15, 0.2) is 34.4 Å². The maximum Gasteiger partial charge on any atom is 0.416 e. The first kappa shape index (κ1) is 25.6. The number of rotatable bonds is 7. The maximum atomic E-state index is 12.9. The van der Waals surface area contributed by atoms with Crippen LogP contribution >= 0.6 is 23.5 Å². The van der Waals surface area contributed by atoms with Gasteiger partial charge in [-0.05, 0) is 36.4 Å². The van der Waals surface area contributed by atoms with E-state index in [1.807, 2.05) is 12.1 Å². The number of nitriles is 1. The molecule has 0 saturated carbocycles. The molecule has 0 fully saturated rings. The zero-order valence-electron chi connectivity index (χ0n) is 18.6. The Morgan fingerprint density at radius 2 is 2.09 bits per heavy atom. The van der Waals surface area contributed by atoms with Crippen molar-refractivity contribution in [3.05, 3.63) is 41.0 Å². The van der Waals surface area contributed by atoms with Crippen molar-refractivity contribution in [2.45, 2.75) is 30.3 Å². The van der Waals surface area contributed by atoms with Gasteiger partial charge in [0.2, 0.25) is 0 Å². The van der Waals surface area contributed by atoms with Gasteiger partial charge in [-0.25, -0.2) is 0 Å². The van der Waals surface area contributed by atoms with E-state index in [0.29, 0.717) is 33.9 Å². The number of ether oxygens (including phenoxy) is 1. The zero-order chi connectivity index (χ0) is 24.9. The van der Waals surface area contributed by atoms with Gasteiger partial charge in [-0.2, -0.15) is 23.5 Å². The molecule has 0 N–H and O–H groups in total. The number of alkyl halides is 3. The van der Waals surface area contributed by atoms with Crippen LogP contribution in [0.25, 0.3) is 0 Å². The number of hydrazone groups is 1. The minimum Gasteiger partial charge on any atom is -0.466 e. The normalized spacial score (nSPS) is 13.1. The largest absolute Gasteiger partial charge is 0.466 e. The van der Waals surface area contributed by atoms with Crippen LogP contribution in [-0.4, -0.2) is 47.8 Å². The molecule has 0 amide bonds. The fourth-order valence-electron chi connectivity index (χ4n) is 2.92. The van der Waals surface area contributed by atoms with Crippen molar-refractivity contribution in [3.8, 4) is 6.07 Å². The molecule has 34 heavy (non-hydrogen) atoms. The molecule has 0 radical (unpaired) electrons. The number of hydrogen-bond donors (Lipinski definition) is 0. The van der Waals surface area contributed by atoms with E-state index >= 15 is 0 Å². The first-order valence-corrected chi connectivity index (χ1v) is 11.9. The highest BCUT2D eigenvalue weighted by Crippen LogP contribution is 2.39. The first-order valence-electron chi connectivity index (χ1n) is 10.1. The lowest BCUT2D eigenvalue weighted by atomic mass is 10.1. The van der Waals surface area contributed by atoms with Crippen molar-refractivity contribution in [1.82, 2.24) is 10.2 Å². The maximum absolute atomic E-state index is 12.9. The van der Waals surface area contributed by atoms with Crippen molar-refractivity contribution >= 4 is 45.4 Å². The average Bonchev–Trinajstić information content (AvgIpc) is 2.80. The molecule has 1 aromatic carbocycles. The van der Waals surface area contributed by atoms with Crippen LogP contribution < -0.4 is 9.91 Å². The Hall–Kier alpha value is -2.98. The third-order valence-electron chi connectivity index (χ3n) is 4.75. The van der Waals surface area contributed by atoms with Gasteiger partial charge < -0.3 is 9.64 Å². The van der Waals surface area contributed by atoms with E-state index in [1.165, 1.54) is 29.6 Å². The summed E-state index contributed by atoms with van der Waals surface area (Å²) >= 11 is 2.58. The smallest absolute Gasteiger partial charge is 0.416 e. The van der Waals surface area contributed by atoms with Gasteiger partial charge in [0.05, 0.1) is 35.9 Å². The monoisotopic (exact) mass is 510 g/mol. The Kier molecular flexibility index (Phi) is 8.27. The van der Waals surface area contributed by atoms with E-state index in [-0.39, 0.29) is 23.7 Å². The van der Waals surface area contributed by atoms with Gasteiger partial charge in [-0.1, -0.05) is 17.8 Å². The summed E-state index contributed by atoms with van der Waals surface area (Å²) < 4.78 is 44.3. The van der Waals surface area contributed by atoms with Gasteiger partial charge in [0.15, 0.2) is 15.2 Å². The van der Waals surface area contributed by atoms with Crippen molar-refractivity contribution in [2.75, 3.05) is 37.2 Å².